The second-order valence-corrected chi connectivity index (χ2v) is 6.76. The maximum absolute atomic E-state index is 12.5. The molecule has 6 nitrogen and oxygen atoms in total. The Labute approximate surface area is 163 Å². The van der Waals surface area contributed by atoms with E-state index in [0.717, 1.165) is 28.5 Å². The highest BCUT2D eigenvalue weighted by molar-refractivity contribution is 5.94. The van der Waals surface area contributed by atoms with Gasteiger partial charge in [0.25, 0.3) is 0 Å². The fraction of sp³-hybridized carbons (Fsp3) is 0.227. The summed E-state index contributed by atoms with van der Waals surface area (Å²) < 4.78 is 7.50. The van der Waals surface area contributed by atoms with E-state index in [4.69, 9.17) is 4.42 Å². The predicted molar refractivity (Wildman–Crippen MR) is 108 cm³/mol. The molecule has 142 valence electrons. The van der Waals surface area contributed by atoms with Gasteiger partial charge in [-0.3, -0.25) is 4.79 Å². The number of para-hydroxylation sites is 1. The zero-order chi connectivity index (χ0) is 19.5. The van der Waals surface area contributed by atoms with Gasteiger partial charge in [0.1, 0.15) is 6.54 Å². The van der Waals surface area contributed by atoms with E-state index >= 15 is 0 Å². The number of nitrogens with zero attached hydrogens (tertiary/aromatic N) is 3. The van der Waals surface area contributed by atoms with E-state index < -0.39 is 0 Å². The molecule has 2 heterocycles. The Morgan fingerprint density at radius 2 is 1.82 bits per heavy atom. The van der Waals surface area contributed by atoms with E-state index in [2.05, 4.69) is 46.7 Å². The van der Waals surface area contributed by atoms with E-state index in [9.17, 15) is 4.79 Å². The van der Waals surface area contributed by atoms with Crippen molar-refractivity contribution in [3.63, 3.8) is 0 Å². The van der Waals surface area contributed by atoms with E-state index in [-0.39, 0.29) is 12.5 Å². The van der Waals surface area contributed by atoms with Gasteiger partial charge in [-0.25, -0.2) is 0 Å². The van der Waals surface area contributed by atoms with Crippen LogP contribution in [0.3, 0.4) is 0 Å². The van der Waals surface area contributed by atoms with E-state index in [1.54, 1.807) is 6.92 Å². The third-order valence-electron chi connectivity index (χ3n) is 4.78. The van der Waals surface area contributed by atoms with Gasteiger partial charge < -0.3 is 14.3 Å². The first-order chi connectivity index (χ1) is 13.6. The molecule has 2 aromatic heterocycles. The molecule has 4 rings (SSSR count). The lowest BCUT2D eigenvalue weighted by Gasteiger charge is -2.08. The van der Waals surface area contributed by atoms with Crippen molar-refractivity contribution in [2.45, 2.75) is 33.4 Å². The number of amides is 1. The minimum Gasteiger partial charge on any atom is -0.421 e. The van der Waals surface area contributed by atoms with Crippen molar-refractivity contribution in [3.05, 3.63) is 71.7 Å². The lowest BCUT2D eigenvalue weighted by atomic mass is 10.1. The summed E-state index contributed by atoms with van der Waals surface area (Å²) in [5, 5.41) is 12.0. The van der Waals surface area contributed by atoms with Gasteiger partial charge in [-0.1, -0.05) is 49.4 Å². The number of benzene rings is 2. The third-order valence-corrected chi connectivity index (χ3v) is 4.78. The summed E-state index contributed by atoms with van der Waals surface area (Å²) in [4.78, 5) is 12.5. The van der Waals surface area contributed by atoms with Crippen molar-refractivity contribution in [1.82, 2.24) is 20.1 Å². The highest BCUT2D eigenvalue weighted by Gasteiger charge is 2.16. The van der Waals surface area contributed by atoms with Gasteiger partial charge in [-0.15, -0.1) is 10.2 Å². The van der Waals surface area contributed by atoms with Gasteiger partial charge >= 0.3 is 0 Å². The van der Waals surface area contributed by atoms with Crippen LogP contribution < -0.4 is 5.32 Å². The van der Waals surface area contributed by atoms with Crippen LogP contribution in [0.25, 0.3) is 22.4 Å². The number of nitrogens with one attached hydrogen (secondary N) is 1. The molecule has 0 fully saturated rings. The molecule has 1 N–H and O–H groups in total. The Balaban J connectivity index is 1.51. The Hall–Kier alpha value is -3.41. The number of aryl methyl sites for hydroxylation is 2. The highest BCUT2D eigenvalue weighted by atomic mass is 16.4. The van der Waals surface area contributed by atoms with Crippen LogP contribution in [0.5, 0.6) is 0 Å². The lowest BCUT2D eigenvalue weighted by molar-refractivity contribution is -0.121. The Kier molecular flexibility index (Phi) is 4.93. The normalized spacial score (nSPS) is 11.1. The molecule has 0 bridgehead atoms. The maximum Gasteiger partial charge on any atom is 0.249 e. The first kappa shape index (κ1) is 18.0. The minimum absolute atomic E-state index is 0.0476. The van der Waals surface area contributed by atoms with E-state index in [0.29, 0.717) is 18.3 Å². The summed E-state index contributed by atoms with van der Waals surface area (Å²) in [6.07, 6.45) is 2.91. The molecule has 0 saturated carbocycles. The summed E-state index contributed by atoms with van der Waals surface area (Å²) in [5.74, 6) is 0.927. The summed E-state index contributed by atoms with van der Waals surface area (Å²) in [6.45, 7) is 4.62. The second-order valence-electron chi connectivity index (χ2n) is 6.76. The summed E-state index contributed by atoms with van der Waals surface area (Å²) >= 11 is 0. The maximum atomic E-state index is 12.5. The number of hydrogen-bond donors (Lipinski definition) is 1. The van der Waals surface area contributed by atoms with Crippen LogP contribution in [0.4, 0.5) is 0 Å². The smallest absolute Gasteiger partial charge is 0.249 e. The number of carbonyl (C=O) groups is 1. The zero-order valence-electron chi connectivity index (χ0n) is 16.0. The molecule has 28 heavy (non-hydrogen) atoms. The zero-order valence-corrected chi connectivity index (χ0v) is 16.0. The van der Waals surface area contributed by atoms with Crippen molar-refractivity contribution in [2.24, 2.45) is 0 Å². The van der Waals surface area contributed by atoms with E-state index in [1.807, 2.05) is 35.0 Å². The molecule has 0 unspecified atom stereocenters. The number of rotatable bonds is 6. The standard InChI is InChI=1S/C22H22N4O2/c1-3-16-8-10-17(11-9-16)12-23-21(27)14-26-13-19(22-25-24-15(2)28-22)18-6-4-5-7-20(18)26/h4-11,13H,3,12,14H2,1-2H3,(H,23,27). The SMILES string of the molecule is CCc1ccc(CNC(=O)Cn2cc(-c3nnc(C)o3)c3ccccc32)cc1. The second kappa shape index (κ2) is 7.68. The van der Waals surface area contributed by atoms with Crippen molar-refractivity contribution in [2.75, 3.05) is 0 Å². The Morgan fingerprint density at radius 1 is 1.07 bits per heavy atom. The first-order valence-electron chi connectivity index (χ1n) is 9.37. The van der Waals surface area contributed by atoms with Crippen LogP contribution in [0.2, 0.25) is 0 Å². The molecular formula is C22H22N4O2. The van der Waals surface area contributed by atoms with E-state index in [1.165, 1.54) is 5.56 Å². The largest absolute Gasteiger partial charge is 0.421 e. The minimum atomic E-state index is -0.0476. The number of carbonyl (C=O) groups excluding carboxylic acids is 1. The van der Waals surface area contributed by atoms with Crippen LogP contribution >= 0.6 is 0 Å². The highest BCUT2D eigenvalue weighted by Crippen LogP contribution is 2.29. The molecule has 0 aliphatic heterocycles. The molecule has 6 heteroatoms. The molecular weight excluding hydrogens is 352 g/mol. The number of aromatic nitrogens is 3. The molecule has 0 aliphatic rings. The molecule has 2 aromatic carbocycles. The molecule has 0 radical (unpaired) electrons. The number of hydrogen-bond acceptors (Lipinski definition) is 4. The van der Waals surface area contributed by atoms with Crippen LogP contribution in [0.15, 0.2) is 59.1 Å². The van der Waals surface area contributed by atoms with Crippen LogP contribution in [0.1, 0.15) is 23.9 Å². The van der Waals surface area contributed by atoms with Crippen LogP contribution in [-0.2, 0) is 24.3 Å². The molecule has 4 aromatic rings. The molecule has 0 spiro atoms. The summed E-state index contributed by atoms with van der Waals surface area (Å²) in [6, 6.07) is 16.2. The third kappa shape index (κ3) is 3.67. The quantitative estimate of drug-likeness (QED) is 0.556. The average molecular weight is 374 g/mol. The fourth-order valence-electron chi connectivity index (χ4n) is 3.26. The topological polar surface area (TPSA) is 73.0 Å². The first-order valence-corrected chi connectivity index (χ1v) is 9.37. The lowest BCUT2D eigenvalue weighted by Crippen LogP contribution is -2.26. The molecule has 1 amide bonds. The van der Waals surface area contributed by atoms with Crippen LogP contribution in [-0.4, -0.2) is 20.7 Å². The average Bonchev–Trinajstić information content (AvgIpc) is 3.31. The molecule has 0 atom stereocenters. The van der Waals surface area contributed by atoms with Gasteiger partial charge in [-0.2, -0.15) is 0 Å². The van der Waals surface area contributed by atoms with Gasteiger partial charge in [0, 0.05) is 30.6 Å². The Morgan fingerprint density at radius 3 is 2.54 bits per heavy atom. The van der Waals surface area contributed by atoms with Gasteiger partial charge in [-0.05, 0) is 23.6 Å². The predicted octanol–water partition coefficient (Wildman–Crippen LogP) is 3.88. The monoisotopic (exact) mass is 374 g/mol. The number of fused-ring (bicyclic) bond motifs is 1. The van der Waals surface area contributed by atoms with Crippen molar-refractivity contribution >= 4 is 16.8 Å². The van der Waals surface area contributed by atoms with Gasteiger partial charge in [0.15, 0.2) is 0 Å². The van der Waals surface area contributed by atoms with Crippen molar-refractivity contribution in [3.8, 4) is 11.5 Å². The van der Waals surface area contributed by atoms with Crippen molar-refractivity contribution in [1.29, 1.82) is 0 Å². The fourth-order valence-corrected chi connectivity index (χ4v) is 3.26. The summed E-state index contributed by atoms with van der Waals surface area (Å²) in [7, 11) is 0. The van der Waals surface area contributed by atoms with Crippen molar-refractivity contribution < 1.29 is 9.21 Å². The molecule has 0 saturated heterocycles. The molecule has 0 aliphatic carbocycles. The van der Waals surface area contributed by atoms with Gasteiger partial charge in [0.2, 0.25) is 17.7 Å². The summed E-state index contributed by atoms with van der Waals surface area (Å²) in [5.41, 5.74) is 4.16. The Bertz CT molecular complexity index is 1110. The van der Waals surface area contributed by atoms with Crippen LogP contribution in [0, 0.1) is 6.92 Å². The van der Waals surface area contributed by atoms with Gasteiger partial charge in [0.05, 0.1) is 5.56 Å².